The van der Waals surface area contributed by atoms with Crippen LogP contribution in [0.3, 0.4) is 0 Å². The lowest BCUT2D eigenvalue weighted by atomic mass is 9.88. The van der Waals surface area contributed by atoms with E-state index in [2.05, 4.69) is 36.1 Å². The van der Waals surface area contributed by atoms with Crippen LogP contribution >= 0.6 is 0 Å². The van der Waals surface area contributed by atoms with Crippen LogP contribution in [-0.2, 0) is 25.6 Å². The number of fused-ring (bicyclic) bond motifs is 5. The van der Waals surface area contributed by atoms with Gasteiger partial charge in [-0.05, 0) is 91.4 Å². The van der Waals surface area contributed by atoms with Gasteiger partial charge in [-0.3, -0.25) is 19.2 Å². The number of aromatic nitrogens is 2. The number of ketones is 2. The predicted octanol–water partition coefficient (Wildman–Crippen LogP) is 3.08. The Kier molecular flexibility index (Phi) is 19.0. The quantitative estimate of drug-likeness (QED) is 0.0575. The summed E-state index contributed by atoms with van der Waals surface area (Å²) >= 11 is 0. The summed E-state index contributed by atoms with van der Waals surface area (Å²) in [4.78, 5) is 80.2. The number of phenolic OH excluding ortho intramolecular Hbond substituents is 1. The molecule has 0 radical (unpaired) electrons. The van der Waals surface area contributed by atoms with E-state index in [9.17, 15) is 44.4 Å². The summed E-state index contributed by atoms with van der Waals surface area (Å²) in [6.45, 7) is 8.90. The number of nitrogens with one attached hydrogen (secondary N) is 1. The number of carbonyl (C=O) groups is 5. The van der Waals surface area contributed by atoms with Crippen molar-refractivity contribution in [2.24, 2.45) is 34.5 Å². The number of carbonyl (C=O) groups excluding carboxylic acids is 4. The Morgan fingerprint density at radius 2 is 1.54 bits per heavy atom. The Bertz CT molecular complexity index is 2530. The molecule has 384 valence electrons. The fraction of sp³-hybridized carbons (Fsp3) is 0.471. The van der Waals surface area contributed by atoms with Crippen molar-refractivity contribution >= 4 is 35.2 Å². The molecule has 20 heteroatoms. The first kappa shape index (κ1) is 55.2. The van der Waals surface area contributed by atoms with E-state index in [1.165, 1.54) is 38.2 Å². The molecule has 0 spiro atoms. The monoisotopic (exact) mass is 984 g/mol. The molecule has 6 atom stereocenters. The number of Topliss-reactive ketones (excluding diaryl/α,β-unsaturated/α-hetero) is 2. The van der Waals surface area contributed by atoms with Crippen LogP contribution in [0.25, 0.3) is 22.5 Å². The first-order valence-electron chi connectivity index (χ1n) is 23.5. The highest BCUT2D eigenvalue weighted by Gasteiger charge is 2.37. The van der Waals surface area contributed by atoms with Gasteiger partial charge in [0.15, 0.2) is 28.9 Å². The number of likely N-dealkylation sites (N-methyl/N-ethyl adjacent to an activating group) is 1. The number of rotatable bonds is 20. The van der Waals surface area contributed by atoms with Crippen LogP contribution in [0.15, 0.2) is 54.6 Å². The first-order valence-corrected chi connectivity index (χ1v) is 23.5. The lowest BCUT2D eigenvalue weighted by Gasteiger charge is -2.32. The summed E-state index contributed by atoms with van der Waals surface area (Å²) in [7, 11) is 1.35. The van der Waals surface area contributed by atoms with E-state index < -0.39 is 90.7 Å². The normalized spacial score (nSPS) is 17.5. The average molecular weight is 985 g/mol. The number of aliphatic carboxylic acids is 1. The van der Waals surface area contributed by atoms with Crippen molar-refractivity contribution in [3.05, 3.63) is 77.0 Å². The Balaban J connectivity index is 1.57. The van der Waals surface area contributed by atoms with E-state index in [1.807, 2.05) is 0 Å². The molecule has 0 saturated carbocycles. The average Bonchev–Trinajstić information content (AvgIpc) is 3.31. The SMILES string of the molecule is Cc1nc(-c2ccc(OCCC(C)(C)C)cc2)nc(N)c1C(=O)C[C@@H](CCN)C(=O)N(C)[C@@H]1C(=O)C[C@@H](C)C(=O)N[C@H](C(=O)O)Cc2ccc(OC[C@H](O)CN)c(c2)-c2cc1cc(OC[C@H](O)CN)c2O. The first-order chi connectivity index (χ1) is 33.5. The number of hydrogen-bond acceptors (Lipinski definition) is 17. The topological polar surface area (TPSA) is 339 Å². The molecule has 5 rings (SSSR count). The maximum Gasteiger partial charge on any atom is 0.326 e. The van der Waals surface area contributed by atoms with Gasteiger partial charge in [0.1, 0.15) is 54.8 Å². The number of phenols is 1. The van der Waals surface area contributed by atoms with Crippen molar-refractivity contribution < 1.29 is 58.6 Å². The van der Waals surface area contributed by atoms with Gasteiger partial charge in [-0.25, -0.2) is 14.8 Å². The van der Waals surface area contributed by atoms with E-state index in [0.29, 0.717) is 23.5 Å². The summed E-state index contributed by atoms with van der Waals surface area (Å²) in [5.41, 5.74) is 25.4. The minimum Gasteiger partial charge on any atom is -0.504 e. The molecule has 4 bridgehead atoms. The van der Waals surface area contributed by atoms with E-state index in [-0.39, 0.29) is 95.6 Å². The zero-order valence-corrected chi connectivity index (χ0v) is 41.1. The Hall–Kier alpha value is -6.71. The number of benzene rings is 3. The molecule has 2 amide bonds. The molecule has 1 aromatic heterocycles. The molecular weight excluding hydrogens is 917 g/mol. The lowest BCUT2D eigenvalue weighted by molar-refractivity contribution is -0.144. The van der Waals surface area contributed by atoms with Crippen LogP contribution in [0.1, 0.15) is 86.6 Å². The van der Waals surface area contributed by atoms with Gasteiger partial charge in [0, 0.05) is 67.9 Å². The van der Waals surface area contributed by atoms with Crippen molar-refractivity contribution in [3.63, 3.8) is 0 Å². The highest BCUT2D eigenvalue weighted by molar-refractivity contribution is 6.03. The summed E-state index contributed by atoms with van der Waals surface area (Å²) in [6.07, 6.45) is -2.57. The Labute approximate surface area is 413 Å². The molecule has 1 aliphatic heterocycles. The number of aromatic hydroxyl groups is 1. The van der Waals surface area contributed by atoms with Gasteiger partial charge in [0.2, 0.25) is 11.8 Å². The third-order valence-electron chi connectivity index (χ3n) is 12.1. The largest absolute Gasteiger partial charge is 0.504 e. The third kappa shape index (κ3) is 14.4. The number of aliphatic hydroxyl groups is 2. The Morgan fingerprint density at radius 3 is 2.13 bits per heavy atom. The zero-order chi connectivity index (χ0) is 52.3. The standard InChI is InChI=1S/C51H68N8O12/c1-27-17-40(63)44(59(6)49(66)31(13-15-52)21-39(62)43-28(2)56-47(58-46(43)55)30-8-10-35(11-9-30)69-16-14-51(3,4)5)32-20-37(45(64)42(22-32)71-26-34(61)24-54)36-18-29(19-38(50(67)68)57-48(27)65)7-12-41(36)70-25-33(60)23-53/h7-12,18,20,22,27,31,33-34,38,44,60-61,64H,13-17,19,21,23-26,52-54H2,1-6H3,(H,57,65)(H,67,68)(H2,55,56,58)/t27-,31-,33-,34-,38+,44+/m1/s1. The number of ether oxygens (including phenoxy) is 3. The maximum atomic E-state index is 14.9. The number of nitrogen functional groups attached to an aromatic ring is 1. The second-order valence-corrected chi connectivity index (χ2v) is 19.2. The molecule has 13 N–H and O–H groups in total. The number of carboxylic acids is 1. The Morgan fingerprint density at radius 1 is 0.887 bits per heavy atom. The van der Waals surface area contributed by atoms with Crippen molar-refractivity contribution in [2.45, 2.75) is 91.0 Å². The van der Waals surface area contributed by atoms with Crippen LogP contribution in [0.4, 0.5) is 5.82 Å². The molecule has 0 aliphatic carbocycles. The summed E-state index contributed by atoms with van der Waals surface area (Å²) in [6, 6.07) is 11.5. The van der Waals surface area contributed by atoms with Crippen molar-refractivity contribution in [3.8, 4) is 45.5 Å². The summed E-state index contributed by atoms with van der Waals surface area (Å²) in [5.74, 6) is -6.08. The lowest BCUT2D eigenvalue weighted by Crippen LogP contribution is -2.45. The molecule has 1 aliphatic rings. The maximum absolute atomic E-state index is 14.9. The van der Waals surface area contributed by atoms with E-state index in [0.717, 1.165) is 11.3 Å². The van der Waals surface area contributed by atoms with Crippen LogP contribution in [0.2, 0.25) is 0 Å². The number of anilines is 1. The number of aryl methyl sites for hydroxylation is 1. The fourth-order valence-corrected chi connectivity index (χ4v) is 8.03. The van der Waals surface area contributed by atoms with Gasteiger partial charge in [-0.1, -0.05) is 33.8 Å². The number of aliphatic hydroxyl groups excluding tert-OH is 2. The molecule has 0 unspecified atom stereocenters. The number of hydrogen-bond donors (Lipinski definition) is 9. The molecule has 20 nitrogen and oxygen atoms in total. The predicted molar refractivity (Wildman–Crippen MR) is 265 cm³/mol. The molecule has 4 aromatic rings. The van der Waals surface area contributed by atoms with Gasteiger partial charge < -0.3 is 67.8 Å². The minimum atomic E-state index is -1.54. The molecule has 71 heavy (non-hydrogen) atoms. The molecule has 0 fully saturated rings. The van der Waals surface area contributed by atoms with Crippen LogP contribution in [0.5, 0.6) is 23.0 Å². The second kappa shape index (κ2) is 24.4. The minimum absolute atomic E-state index is 0.00537. The number of nitrogens with zero attached hydrogens (tertiary/aromatic N) is 3. The van der Waals surface area contributed by atoms with E-state index in [4.69, 9.17) is 37.1 Å². The number of nitrogens with two attached hydrogens (primary N) is 4. The highest BCUT2D eigenvalue weighted by Crippen LogP contribution is 2.45. The van der Waals surface area contributed by atoms with Crippen molar-refractivity contribution in [1.82, 2.24) is 20.2 Å². The fourth-order valence-electron chi connectivity index (χ4n) is 8.03. The summed E-state index contributed by atoms with van der Waals surface area (Å²) < 4.78 is 17.8. The molecular formula is C51H68N8O12. The smallest absolute Gasteiger partial charge is 0.326 e. The van der Waals surface area contributed by atoms with Gasteiger partial charge in [0.25, 0.3) is 0 Å². The van der Waals surface area contributed by atoms with Gasteiger partial charge in [0.05, 0.1) is 17.9 Å². The highest BCUT2D eigenvalue weighted by atomic mass is 16.5. The number of carboxylic acid groups (broad SMARTS) is 1. The third-order valence-corrected chi connectivity index (χ3v) is 12.1. The van der Waals surface area contributed by atoms with Crippen LogP contribution in [-0.4, -0.2) is 129 Å². The molecule has 2 heterocycles. The van der Waals surface area contributed by atoms with Crippen molar-refractivity contribution in [1.29, 1.82) is 0 Å². The van der Waals surface area contributed by atoms with E-state index in [1.54, 1.807) is 37.3 Å². The molecule has 0 saturated heterocycles. The van der Waals surface area contributed by atoms with Crippen LogP contribution < -0.4 is 42.5 Å². The van der Waals surface area contributed by atoms with Crippen LogP contribution in [0, 0.1) is 24.2 Å². The summed E-state index contributed by atoms with van der Waals surface area (Å²) in [5, 5.41) is 45.3. The van der Waals surface area contributed by atoms with Gasteiger partial charge >= 0.3 is 5.97 Å². The zero-order valence-electron chi connectivity index (χ0n) is 41.1. The van der Waals surface area contributed by atoms with Crippen molar-refractivity contribution in [2.75, 3.05) is 52.2 Å². The number of amides is 2. The van der Waals surface area contributed by atoms with Gasteiger partial charge in [-0.15, -0.1) is 0 Å². The molecule has 3 aromatic carbocycles. The van der Waals surface area contributed by atoms with Gasteiger partial charge in [-0.2, -0.15) is 0 Å². The second-order valence-electron chi connectivity index (χ2n) is 19.2. The van der Waals surface area contributed by atoms with E-state index >= 15 is 0 Å².